The van der Waals surface area contributed by atoms with Gasteiger partial charge in [0.25, 0.3) is 0 Å². The molecule has 0 spiro atoms. The molecule has 0 bridgehead atoms. The van der Waals surface area contributed by atoms with Gasteiger partial charge in [0.2, 0.25) is 0 Å². The van der Waals surface area contributed by atoms with Gasteiger partial charge in [-0.2, -0.15) is 0 Å². The highest BCUT2D eigenvalue weighted by Gasteiger charge is 2.14. The van der Waals surface area contributed by atoms with Crippen LogP contribution < -0.4 is 5.32 Å². The van der Waals surface area contributed by atoms with Crippen LogP contribution in [0.2, 0.25) is 0 Å². The van der Waals surface area contributed by atoms with Gasteiger partial charge in [-0.3, -0.25) is 0 Å². The monoisotopic (exact) mass is 175 g/mol. The van der Waals surface area contributed by atoms with E-state index in [0.29, 0.717) is 0 Å². The summed E-state index contributed by atoms with van der Waals surface area (Å²) in [4.78, 5) is 0. The van der Waals surface area contributed by atoms with E-state index in [9.17, 15) is 0 Å². The van der Waals surface area contributed by atoms with Gasteiger partial charge in [-0.1, -0.05) is 24.8 Å². The fourth-order valence-corrected chi connectivity index (χ4v) is 1.62. The van der Waals surface area contributed by atoms with Crippen molar-refractivity contribution in [2.45, 2.75) is 13.3 Å². The average molecular weight is 175 g/mol. The Morgan fingerprint density at radius 2 is 2.23 bits per heavy atom. The standard InChI is InChI=1S/C12H17N/c1-4-7-10(5-2)12-9-13-8-11(12)6-3/h4-6,13H,1-2,7-9H2,3H3. The molecule has 0 aromatic rings. The summed E-state index contributed by atoms with van der Waals surface area (Å²) in [5, 5.41) is 3.34. The predicted octanol–water partition coefficient (Wildman–Crippen LogP) is 2.59. The van der Waals surface area contributed by atoms with Crippen LogP contribution >= 0.6 is 0 Å². The Bertz CT molecular complexity index is 269. The second-order valence-electron chi connectivity index (χ2n) is 3.12. The first-order valence-electron chi connectivity index (χ1n) is 4.65. The summed E-state index contributed by atoms with van der Waals surface area (Å²) in [5.41, 5.74) is 4.10. The molecule has 1 aliphatic rings. The van der Waals surface area contributed by atoms with Crippen LogP contribution in [0.3, 0.4) is 0 Å². The van der Waals surface area contributed by atoms with E-state index in [1.807, 2.05) is 12.2 Å². The molecule has 1 aliphatic heterocycles. The fraction of sp³-hybridized carbons (Fsp3) is 0.333. The maximum absolute atomic E-state index is 3.83. The molecule has 1 rings (SSSR count). The van der Waals surface area contributed by atoms with E-state index in [0.717, 1.165) is 19.5 Å². The van der Waals surface area contributed by atoms with Crippen molar-refractivity contribution in [1.82, 2.24) is 5.32 Å². The lowest BCUT2D eigenvalue weighted by molar-refractivity contribution is 0.892. The number of hydrogen-bond donors (Lipinski definition) is 1. The number of allylic oxidation sites excluding steroid dienone is 4. The molecular weight excluding hydrogens is 158 g/mol. The first-order valence-corrected chi connectivity index (χ1v) is 4.65. The molecule has 0 aliphatic carbocycles. The molecule has 1 saturated heterocycles. The van der Waals surface area contributed by atoms with Crippen LogP contribution in [0.15, 0.2) is 48.1 Å². The SMILES string of the molecule is C=CCC(C=C)=C1CNCC1=CC. The normalized spacial score (nSPS) is 23.3. The molecule has 13 heavy (non-hydrogen) atoms. The lowest BCUT2D eigenvalue weighted by atomic mass is 10.0. The minimum atomic E-state index is 0.915. The predicted molar refractivity (Wildman–Crippen MR) is 58.7 cm³/mol. The Hall–Kier alpha value is -1.08. The summed E-state index contributed by atoms with van der Waals surface area (Å²) in [5.74, 6) is 0. The van der Waals surface area contributed by atoms with E-state index in [2.05, 4.69) is 31.5 Å². The number of nitrogens with one attached hydrogen (secondary N) is 1. The van der Waals surface area contributed by atoms with Crippen LogP contribution in [0.25, 0.3) is 0 Å². The smallest absolute Gasteiger partial charge is 0.0214 e. The van der Waals surface area contributed by atoms with Crippen molar-refractivity contribution < 1.29 is 0 Å². The molecule has 1 N–H and O–H groups in total. The molecule has 0 atom stereocenters. The van der Waals surface area contributed by atoms with E-state index >= 15 is 0 Å². The molecule has 1 fully saturated rings. The van der Waals surface area contributed by atoms with Crippen molar-refractivity contribution in [3.05, 3.63) is 48.1 Å². The molecule has 1 nitrogen and oxygen atoms in total. The lowest BCUT2D eigenvalue weighted by Crippen LogP contribution is -2.05. The Morgan fingerprint density at radius 1 is 1.46 bits per heavy atom. The van der Waals surface area contributed by atoms with E-state index in [-0.39, 0.29) is 0 Å². The van der Waals surface area contributed by atoms with Gasteiger partial charge in [-0.15, -0.1) is 6.58 Å². The maximum Gasteiger partial charge on any atom is 0.0214 e. The summed E-state index contributed by atoms with van der Waals surface area (Å²) in [6.45, 7) is 11.6. The summed E-state index contributed by atoms with van der Waals surface area (Å²) in [6, 6.07) is 0. The Labute approximate surface area is 80.5 Å². The third-order valence-electron chi connectivity index (χ3n) is 2.35. The van der Waals surface area contributed by atoms with Crippen LogP contribution in [0.1, 0.15) is 13.3 Å². The molecule has 0 saturated carbocycles. The van der Waals surface area contributed by atoms with Gasteiger partial charge in [0, 0.05) is 13.1 Å². The lowest BCUT2D eigenvalue weighted by Gasteiger charge is -2.04. The van der Waals surface area contributed by atoms with Gasteiger partial charge in [-0.25, -0.2) is 0 Å². The zero-order chi connectivity index (χ0) is 9.68. The van der Waals surface area contributed by atoms with E-state index < -0.39 is 0 Å². The largest absolute Gasteiger partial charge is 0.309 e. The van der Waals surface area contributed by atoms with Gasteiger partial charge < -0.3 is 5.32 Å². The van der Waals surface area contributed by atoms with Crippen LogP contribution in [0.4, 0.5) is 0 Å². The third kappa shape index (κ3) is 2.19. The van der Waals surface area contributed by atoms with Crippen molar-refractivity contribution in [3.8, 4) is 0 Å². The second kappa shape index (κ2) is 4.83. The molecule has 0 amide bonds. The Kier molecular flexibility index (Phi) is 3.71. The highest BCUT2D eigenvalue weighted by molar-refractivity contribution is 5.44. The molecular formula is C12H17N. The van der Waals surface area contributed by atoms with Crippen molar-refractivity contribution in [2.24, 2.45) is 0 Å². The van der Waals surface area contributed by atoms with Crippen molar-refractivity contribution >= 4 is 0 Å². The van der Waals surface area contributed by atoms with Crippen LogP contribution in [-0.2, 0) is 0 Å². The topological polar surface area (TPSA) is 12.0 Å². The maximum atomic E-state index is 3.83. The summed E-state index contributed by atoms with van der Waals surface area (Å²) in [6.07, 6.45) is 6.95. The van der Waals surface area contributed by atoms with Crippen molar-refractivity contribution in [2.75, 3.05) is 13.1 Å². The van der Waals surface area contributed by atoms with Crippen molar-refractivity contribution in [1.29, 1.82) is 0 Å². The zero-order valence-corrected chi connectivity index (χ0v) is 8.27. The number of rotatable bonds is 3. The molecule has 0 radical (unpaired) electrons. The van der Waals surface area contributed by atoms with Gasteiger partial charge >= 0.3 is 0 Å². The molecule has 1 heterocycles. The summed E-state index contributed by atoms with van der Waals surface area (Å²) in [7, 11) is 0. The van der Waals surface area contributed by atoms with Crippen LogP contribution in [0.5, 0.6) is 0 Å². The fourth-order valence-electron chi connectivity index (χ4n) is 1.62. The quantitative estimate of drug-likeness (QED) is 0.650. The molecule has 0 unspecified atom stereocenters. The summed E-state index contributed by atoms with van der Waals surface area (Å²) >= 11 is 0. The Balaban J connectivity index is 2.98. The molecule has 70 valence electrons. The minimum Gasteiger partial charge on any atom is -0.309 e. The van der Waals surface area contributed by atoms with Crippen LogP contribution in [-0.4, -0.2) is 13.1 Å². The van der Waals surface area contributed by atoms with Gasteiger partial charge in [0.1, 0.15) is 0 Å². The Morgan fingerprint density at radius 3 is 2.77 bits per heavy atom. The first kappa shape index (κ1) is 10.0. The third-order valence-corrected chi connectivity index (χ3v) is 2.35. The highest BCUT2D eigenvalue weighted by atomic mass is 14.9. The first-order chi connectivity index (χ1) is 6.33. The summed E-state index contributed by atoms with van der Waals surface area (Å²) < 4.78 is 0. The van der Waals surface area contributed by atoms with Gasteiger partial charge in [-0.05, 0) is 30.1 Å². The number of hydrogen-bond acceptors (Lipinski definition) is 1. The van der Waals surface area contributed by atoms with Gasteiger partial charge in [0.15, 0.2) is 0 Å². The van der Waals surface area contributed by atoms with Crippen LogP contribution in [0, 0.1) is 0 Å². The van der Waals surface area contributed by atoms with E-state index in [4.69, 9.17) is 0 Å². The zero-order valence-electron chi connectivity index (χ0n) is 8.27. The second-order valence-corrected chi connectivity index (χ2v) is 3.12. The van der Waals surface area contributed by atoms with E-state index in [1.54, 1.807) is 0 Å². The average Bonchev–Trinajstić information content (AvgIpc) is 2.61. The van der Waals surface area contributed by atoms with Gasteiger partial charge in [0.05, 0.1) is 0 Å². The molecule has 0 aromatic carbocycles. The minimum absolute atomic E-state index is 0.915. The molecule has 0 aromatic heterocycles. The van der Waals surface area contributed by atoms with Crippen molar-refractivity contribution in [3.63, 3.8) is 0 Å². The highest BCUT2D eigenvalue weighted by Crippen LogP contribution is 2.21. The molecule has 1 heteroatoms. The van der Waals surface area contributed by atoms with E-state index in [1.165, 1.54) is 16.7 Å².